The predicted molar refractivity (Wildman–Crippen MR) is 157 cm³/mol. The Bertz CT molecular complexity index is 1220. The summed E-state index contributed by atoms with van der Waals surface area (Å²) in [5, 5.41) is 21.9. The summed E-state index contributed by atoms with van der Waals surface area (Å²) in [5.74, 6) is -0.937. The van der Waals surface area contributed by atoms with Gasteiger partial charge in [0.05, 0.1) is 55.8 Å². The van der Waals surface area contributed by atoms with E-state index >= 15 is 0 Å². The van der Waals surface area contributed by atoms with Gasteiger partial charge in [-0.2, -0.15) is 0 Å². The molecule has 0 saturated carbocycles. The number of ether oxygens (including phenoxy) is 4. The van der Waals surface area contributed by atoms with Crippen LogP contribution in [-0.4, -0.2) is 86.1 Å². The molecule has 0 aliphatic carbocycles. The van der Waals surface area contributed by atoms with E-state index < -0.39 is 22.5 Å². The Hall–Kier alpha value is -3.86. The van der Waals surface area contributed by atoms with E-state index in [-0.39, 0.29) is 33.0 Å². The van der Waals surface area contributed by atoms with Crippen LogP contribution in [0.5, 0.6) is 0 Å². The highest BCUT2D eigenvalue weighted by molar-refractivity contribution is 7.19. The molecule has 0 aliphatic rings. The number of nitrogens with zero attached hydrogens (tertiary/aromatic N) is 2. The molecule has 2 aromatic rings. The van der Waals surface area contributed by atoms with Crippen molar-refractivity contribution < 1.29 is 38.3 Å². The number of nitro groups is 1. The number of rotatable bonds is 17. The molecule has 1 heterocycles. The first-order valence-electron chi connectivity index (χ1n) is 13.1. The van der Waals surface area contributed by atoms with E-state index in [0.29, 0.717) is 58.4 Å². The average molecular weight is 611 g/mol. The largest absolute Gasteiger partial charge is 0.444 e. The summed E-state index contributed by atoms with van der Waals surface area (Å²) in [7, 11) is 0. The molecule has 2 rings (SSSR count). The Balaban J connectivity index is 1.66. The fourth-order valence-electron chi connectivity index (χ4n) is 3.27. The number of thiazole rings is 1. The standard InChI is InChI=1S/C26H38N6O9S/c1-17-23(32(36)37)42-24(29-17)31-22(34)20-7-6-19(16-21(20)30-18(2)33)27-8-10-38-12-14-40-15-13-39-11-9-28-25(35)41-26(3,4)5/h6-7,16,27H,8-15H2,1-5H3,(H,28,35)(H,30,33)(H,29,31,34). The number of hydrogen-bond acceptors (Lipinski definition) is 12. The highest BCUT2D eigenvalue weighted by atomic mass is 32.1. The van der Waals surface area contributed by atoms with E-state index in [1.807, 2.05) is 0 Å². The maximum Gasteiger partial charge on any atom is 0.407 e. The van der Waals surface area contributed by atoms with E-state index in [1.165, 1.54) is 19.9 Å². The van der Waals surface area contributed by atoms with Gasteiger partial charge in [-0.25, -0.2) is 9.78 Å². The van der Waals surface area contributed by atoms with Crippen molar-refractivity contribution >= 4 is 50.8 Å². The number of alkyl carbamates (subject to hydrolysis) is 1. The van der Waals surface area contributed by atoms with Gasteiger partial charge >= 0.3 is 11.1 Å². The molecule has 1 aromatic heterocycles. The lowest BCUT2D eigenvalue weighted by Crippen LogP contribution is -2.34. The maximum atomic E-state index is 12.8. The van der Waals surface area contributed by atoms with Crippen molar-refractivity contribution in [1.29, 1.82) is 0 Å². The normalized spacial score (nSPS) is 11.1. The quantitative estimate of drug-likeness (QED) is 0.116. The zero-order valence-electron chi connectivity index (χ0n) is 24.4. The summed E-state index contributed by atoms with van der Waals surface area (Å²) in [6, 6.07) is 4.81. The molecule has 0 saturated heterocycles. The highest BCUT2D eigenvalue weighted by Crippen LogP contribution is 2.30. The minimum Gasteiger partial charge on any atom is -0.444 e. The second-order valence-electron chi connectivity index (χ2n) is 9.75. The van der Waals surface area contributed by atoms with Gasteiger partial charge in [0.25, 0.3) is 5.91 Å². The molecule has 0 radical (unpaired) electrons. The van der Waals surface area contributed by atoms with Crippen molar-refractivity contribution in [3.63, 3.8) is 0 Å². The van der Waals surface area contributed by atoms with E-state index in [4.69, 9.17) is 18.9 Å². The lowest BCUT2D eigenvalue weighted by atomic mass is 10.1. The molecule has 0 atom stereocenters. The summed E-state index contributed by atoms with van der Waals surface area (Å²) < 4.78 is 21.5. The van der Waals surface area contributed by atoms with Crippen molar-refractivity contribution in [2.75, 3.05) is 68.7 Å². The zero-order valence-corrected chi connectivity index (χ0v) is 25.2. The van der Waals surface area contributed by atoms with Gasteiger partial charge in [0.15, 0.2) is 5.13 Å². The van der Waals surface area contributed by atoms with E-state index in [1.54, 1.807) is 32.9 Å². The van der Waals surface area contributed by atoms with Crippen LogP contribution in [0.4, 0.5) is 26.3 Å². The van der Waals surface area contributed by atoms with Gasteiger partial charge in [-0.1, -0.05) is 0 Å². The van der Waals surface area contributed by atoms with Crippen molar-refractivity contribution in [1.82, 2.24) is 10.3 Å². The molecule has 1 aromatic carbocycles. The number of aromatic nitrogens is 1. The monoisotopic (exact) mass is 610 g/mol. The first kappa shape index (κ1) is 34.3. The summed E-state index contributed by atoms with van der Waals surface area (Å²) in [4.78, 5) is 50.5. The Labute approximate surface area is 247 Å². The number of anilines is 3. The topological polar surface area (TPSA) is 192 Å². The number of hydrogen-bond donors (Lipinski definition) is 4. The minimum atomic E-state index is -0.569. The first-order valence-corrected chi connectivity index (χ1v) is 14.0. The van der Waals surface area contributed by atoms with Gasteiger partial charge in [0, 0.05) is 25.7 Å². The summed E-state index contributed by atoms with van der Waals surface area (Å²) in [6.45, 7) is 11.2. The van der Waals surface area contributed by atoms with Crippen LogP contribution in [0.3, 0.4) is 0 Å². The van der Waals surface area contributed by atoms with Crippen LogP contribution in [0.25, 0.3) is 0 Å². The minimum absolute atomic E-state index is 0.0847. The molecule has 0 spiro atoms. The number of amides is 3. The molecule has 0 aliphatic heterocycles. The maximum absolute atomic E-state index is 12.8. The van der Waals surface area contributed by atoms with E-state index in [9.17, 15) is 24.5 Å². The molecular formula is C26H38N6O9S. The molecule has 15 nitrogen and oxygen atoms in total. The van der Waals surface area contributed by atoms with Crippen LogP contribution in [0.15, 0.2) is 18.2 Å². The Morgan fingerprint density at radius 2 is 1.60 bits per heavy atom. The van der Waals surface area contributed by atoms with Gasteiger partial charge in [-0.3, -0.25) is 25.0 Å². The van der Waals surface area contributed by atoms with Crippen LogP contribution in [0.1, 0.15) is 43.7 Å². The molecule has 0 fully saturated rings. The van der Waals surface area contributed by atoms with Crippen LogP contribution in [0.2, 0.25) is 0 Å². The van der Waals surface area contributed by atoms with Crippen molar-refractivity contribution in [2.24, 2.45) is 0 Å². The second kappa shape index (κ2) is 17.2. The third kappa shape index (κ3) is 13.2. The van der Waals surface area contributed by atoms with Gasteiger partial charge in [0.2, 0.25) is 5.91 Å². The van der Waals surface area contributed by atoms with Gasteiger partial charge in [0.1, 0.15) is 11.3 Å². The lowest BCUT2D eigenvalue weighted by molar-refractivity contribution is -0.380. The summed E-state index contributed by atoms with van der Waals surface area (Å²) in [5.41, 5.74) is 0.743. The highest BCUT2D eigenvalue weighted by Gasteiger charge is 2.21. The number of benzene rings is 1. The van der Waals surface area contributed by atoms with Crippen LogP contribution in [0, 0.1) is 17.0 Å². The van der Waals surface area contributed by atoms with E-state index in [0.717, 1.165) is 11.3 Å². The Morgan fingerprint density at radius 1 is 0.976 bits per heavy atom. The number of aryl methyl sites for hydroxylation is 1. The predicted octanol–water partition coefficient (Wildman–Crippen LogP) is 3.56. The molecule has 232 valence electrons. The SMILES string of the molecule is CC(=O)Nc1cc(NCCOCCOCCOCCNC(=O)OC(C)(C)C)ccc1C(=O)Nc1nc(C)c([N+](=O)[O-])s1. The Morgan fingerprint density at radius 3 is 2.17 bits per heavy atom. The van der Waals surface area contributed by atoms with Gasteiger partial charge in [-0.05, 0) is 57.2 Å². The van der Waals surface area contributed by atoms with Gasteiger partial charge < -0.3 is 34.9 Å². The number of nitrogens with one attached hydrogen (secondary N) is 4. The molecule has 3 amide bonds. The molecule has 4 N–H and O–H groups in total. The Kier molecular flexibility index (Phi) is 14.0. The van der Waals surface area contributed by atoms with Crippen molar-refractivity contribution in [2.45, 2.75) is 40.2 Å². The first-order chi connectivity index (χ1) is 19.9. The number of carbonyl (C=O) groups excluding carboxylic acids is 3. The van der Waals surface area contributed by atoms with Gasteiger partial charge in [-0.15, -0.1) is 0 Å². The summed E-state index contributed by atoms with van der Waals surface area (Å²) in [6.07, 6.45) is -0.485. The van der Waals surface area contributed by atoms with Crippen LogP contribution < -0.4 is 21.3 Å². The lowest BCUT2D eigenvalue weighted by Gasteiger charge is -2.19. The zero-order chi connectivity index (χ0) is 31.1. The fourth-order valence-corrected chi connectivity index (χ4v) is 4.05. The van der Waals surface area contributed by atoms with E-state index in [2.05, 4.69) is 26.3 Å². The molecule has 0 unspecified atom stereocenters. The molecular weight excluding hydrogens is 572 g/mol. The third-order valence-corrected chi connectivity index (χ3v) is 5.99. The van der Waals surface area contributed by atoms with Crippen molar-refractivity contribution in [3.8, 4) is 0 Å². The third-order valence-electron chi connectivity index (χ3n) is 4.97. The summed E-state index contributed by atoms with van der Waals surface area (Å²) >= 11 is 0.754. The smallest absolute Gasteiger partial charge is 0.407 e. The fraction of sp³-hybridized carbons (Fsp3) is 0.538. The van der Waals surface area contributed by atoms with Crippen LogP contribution in [-0.2, 0) is 23.7 Å². The molecule has 16 heteroatoms. The average Bonchev–Trinajstić information content (AvgIpc) is 3.25. The molecule has 42 heavy (non-hydrogen) atoms. The molecule has 0 bridgehead atoms. The second-order valence-corrected chi connectivity index (χ2v) is 10.7. The van der Waals surface area contributed by atoms with Crippen LogP contribution >= 0.6 is 11.3 Å². The number of carbonyl (C=O) groups is 3. The van der Waals surface area contributed by atoms with Crippen molar-refractivity contribution in [3.05, 3.63) is 39.6 Å².